The maximum Gasteiger partial charge on any atom is 0.335 e. The normalized spacial score (nSPS) is 17.0. The number of carboxylic acids is 1. The summed E-state index contributed by atoms with van der Waals surface area (Å²) in [6.45, 7) is 4.75. The second kappa shape index (κ2) is 5.49. The van der Waals surface area contributed by atoms with Crippen molar-refractivity contribution in [3.63, 3.8) is 0 Å². The first kappa shape index (κ1) is 12.4. The van der Waals surface area contributed by atoms with Crippen LogP contribution in [0.5, 0.6) is 0 Å². The summed E-state index contributed by atoms with van der Waals surface area (Å²) in [5.74, 6) is -0.944. The zero-order chi connectivity index (χ0) is 12.3. The Labute approximate surface area is 105 Å². The molecule has 0 atom stereocenters. The Morgan fingerprint density at radius 3 is 2.71 bits per heavy atom. The molecule has 0 radical (unpaired) electrons. The molecule has 1 aromatic rings. The fraction of sp³-hybridized carbons (Fsp3) is 0.417. The first-order valence-electron chi connectivity index (χ1n) is 5.61. The van der Waals surface area contributed by atoms with Gasteiger partial charge < -0.3 is 10.4 Å². The molecule has 92 valence electrons. The highest BCUT2D eigenvalue weighted by atomic mass is 35.5. The summed E-state index contributed by atoms with van der Waals surface area (Å²) in [6.07, 6.45) is 0. The van der Waals surface area contributed by atoms with E-state index < -0.39 is 5.97 Å². The van der Waals surface area contributed by atoms with Gasteiger partial charge in [0, 0.05) is 37.7 Å². The summed E-state index contributed by atoms with van der Waals surface area (Å²) in [4.78, 5) is 13.1. The Bertz CT molecular complexity index is 417. The zero-order valence-electron chi connectivity index (χ0n) is 9.45. The largest absolute Gasteiger partial charge is 0.478 e. The monoisotopic (exact) mass is 254 g/mol. The molecule has 0 bridgehead atoms. The van der Waals surface area contributed by atoms with Gasteiger partial charge in [0.25, 0.3) is 0 Å². The predicted molar refractivity (Wildman–Crippen MR) is 66.6 cm³/mol. The van der Waals surface area contributed by atoms with Crippen molar-refractivity contribution in [2.24, 2.45) is 0 Å². The van der Waals surface area contributed by atoms with E-state index in [2.05, 4.69) is 10.2 Å². The number of carboxylic acid groups (broad SMARTS) is 1. The van der Waals surface area contributed by atoms with Gasteiger partial charge in [-0.15, -0.1) is 0 Å². The third-order valence-electron chi connectivity index (χ3n) is 2.90. The van der Waals surface area contributed by atoms with Crippen LogP contribution in [-0.2, 0) is 6.54 Å². The number of benzene rings is 1. The van der Waals surface area contributed by atoms with Gasteiger partial charge in [-0.25, -0.2) is 4.79 Å². The maximum atomic E-state index is 10.8. The molecule has 5 heteroatoms. The molecule has 17 heavy (non-hydrogen) atoms. The van der Waals surface area contributed by atoms with E-state index in [0.717, 1.165) is 38.3 Å². The van der Waals surface area contributed by atoms with Crippen LogP contribution in [0.3, 0.4) is 0 Å². The van der Waals surface area contributed by atoms with Gasteiger partial charge in [0.2, 0.25) is 0 Å². The predicted octanol–water partition coefficient (Wildman–Crippen LogP) is 1.44. The molecule has 1 fully saturated rings. The van der Waals surface area contributed by atoms with E-state index in [1.165, 1.54) is 6.07 Å². The molecular formula is C12H15ClN2O2. The van der Waals surface area contributed by atoms with Crippen LogP contribution in [0, 0.1) is 0 Å². The summed E-state index contributed by atoms with van der Waals surface area (Å²) < 4.78 is 0. The smallest absolute Gasteiger partial charge is 0.335 e. The number of rotatable bonds is 3. The topological polar surface area (TPSA) is 52.6 Å². The lowest BCUT2D eigenvalue weighted by molar-refractivity contribution is 0.0697. The molecule has 1 aromatic carbocycles. The standard InChI is InChI=1S/C12H15ClN2O2/c13-11-7-9(12(16)17)1-2-10(11)8-15-5-3-14-4-6-15/h1-2,7,14H,3-6,8H2,(H,16,17). The van der Waals surface area contributed by atoms with Gasteiger partial charge in [-0.3, -0.25) is 4.90 Å². The van der Waals surface area contributed by atoms with Crippen LogP contribution in [0.15, 0.2) is 18.2 Å². The highest BCUT2D eigenvalue weighted by molar-refractivity contribution is 6.31. The zero-order valence-corrected chi connectivity index (χ0v) is 10.2. The van der Waals surface area contributed by atoms with Crippen LogP contribution in [0.25, 0.3) is 0 Å². The molecule has 1 aliphatic rings. The molecule has 1 saturated heterocycles. The van der Waals surface area contributed by atoms with Crippen LogP contribution in [0.1, 0.15) is 15.9 Å². The van der Waals surface area contributed by atoms with E-state index in [1.54, 1.807) is 12.1 Å². The van der Waals surface area contributed by atoms with Gasteiger partial charge in [-0.2, -0.15) is 0 Å². The summed E-state index contributed by atoms with van der Waals surface area (Å²) >= 11 is 6.09. The Morgan fingerprint density at radius 1 is 1.41 bits per heavy atom. The van der Waals surface area contributed by atoms with Crippen LogP contribution >= 0.6 is 11.6 Å². The summed E-state index contributed by atoms with van der Waals surface area (Å²) in [6, 6.07) is 4.92. The molecule has 0 spiro atoms. The van der Waals surface area contributed by atoms with E-state index in [0.29, 0.717) is 5.02 Å². The van der Waals surface area contributed by atoms with Crippen LogP contribution < -0.4 is 5.32 Å². The lowest BCUT2D eigenvalue weighted by Gasteiger charge is -2.27. The van der Waals surface area contributed by atoms with Crippen LogP contribution in [-0.4, -0.2) is 42.2 Å². The molecule has 2 N–H and O–H groups in total. The van der Waals surface area contributed by atoms with Gasteiger partial charge in [0.1, 0.15) is 0 Å². The van der Waals surface area contributed by atoms with Crippen molar-refractivity contribution in [3.8, 4) is 0 Å². The van der Waals surface area contributed by atoms with Crippen molar-refractivity contribution in [2.45, 2.75) is 6.54 Å². The first-order valence-corrected chi connectivity index (χ1v) is 5.99. The van der Waals surface area contributed by atoms with Gasteiger partial charge >= 0.3 is 5.97 Å². The molecule has 1 heterocycles. The van der Waals surface area contributed by atoms with Gasteiger partial charge in [-0.05, 0) is 17.7 Å². The second-order valence-electron chi connectivity index (χ2n) is 4.14. The number of aromatic carboxylic acids is 1. The van der Waals surface area contributed by atoms with Crippen LogP contribution in [0.4, 0.5) is 0 Å². The van der Waals surface area contributed by atoms with Crippen molar-refractivity contribution in [2.75, 3.05) is 26.2 Å². The fourth-order valence-corrected chi connectivity index (χ4v) is 2.16. The summed E-state index contributed by atoms with van der Waals surface area (Å²) in [7, 11) is 0. The van der Waals surface area contributed by atoms with E-state index in [9.17, 15) is 4.79 Å². The van der Waals surface area contributed by atoms with Gasteiger partial charge in [-0.1, -0.05) is 17.7 Å². The number of halogens is 1. The van der Waals surface area contributed by atoms with Gasteiger partial charge in [0.15, 0.2) is 0 Å². The minimum atomic E-state index is -0.944. The second-order valence-corrected chi connectivity index (χ2v) is 4.54. The minimum Gasteiger partial charge on any atom is -0.478 e. The molecule has 0 amide bonds. The first-order chi connectivity index (χ1) is 8.16. The van der Waals surface area contributed by atoms with Crippen molar-refractivity contribution >= 4 is 17.6 Å². The Morgan fingerprint density at radius 2 is 2.12 bits per heavy atom. The number of hydrogen-bond acceptors (Lipinski definition) is 3. The van der Waals surface area contributed by atoms with E-state index in [-0.39, 0.29) is 5.56 Å². The average Bonchev–Trinajstić information content (AvgIpc) is 2.33. The summed E-state index contributed by atoms with van der Waals surface area (Å²) in [5.41, 5.74) is 1.22. The Hall–Kier alpha value is -1.10. The molecule has 1 aliphatic heterocycles. The molecule has 2 rings (SSSR count). The highest BCUT2D eigenvalue weighted by Gasteiger charge is 2.13. The van der Waals surface area contributed by atoms with Crippen molar-refractivity contribution in [1.29, 1.82) is 0 Å². The fourth-order valence-electron chi connectivity index (χ4n) is 1.92. The third-order valence-corrected chi connectivity index (χ3v) is 3.26. The van der Waals surface area contributed by atoms with Crippen molar-refractivity contribution in [3.05, 3.63) is 34.3 Å². The molecule has 0 saturated carbocycles. The number of nitrogens with one attached hydrogen (secondary N) is 1. The Kier molecular flexibility index (Phi) is 3.99. The lowest BCUT2D eigenvalue weighted by Crippen LogP contribution is -2.42. The number of hydrogen-bond donors (Lipinski definition) is 2. The molecule has 4 nitrogen and oxygen atoms in total. The highest BCUT2D eigenvalue weighted by Crippen LogP contribution is 2.20. The molecule has 0 unspecified atom stereocenters. The summed E-state index contributed by atoms with van der Waals surface area (Å²) in [5, 5.41) is 12.7. The van der Waals surface area contributed by atoms with Crippen molar-refractivity contribution < 1.29 is 9.90 Å². The minimum absolute atomic E-state index is 0.235. The molecule has 0 aliphatic carbocycles. The Balaban J connectivity index is 2.08. The maximum absolute atomic E-state index is 10.8. The molecule has 0 aromatic heterocycles. The van der Waals surface area contributed by atoms with Crippen molar-refractivity contribution in [1.82, 2.24) is 10.2 Å². The third kappa shape index (κ3) is 3.19. The number of carbonyl (C=O) groups is 1. The SMILES string of the molecule is O=C(O)c1ccc(CN2CCNCC2)c(Cl)c1. The van der Waals surface area contributed by atoms with Gasteiger partial charge in [0.05, 0.1) is 5.56 Å². The average molecular weight is 255 g/mol. The number of nitrogens with zero attached hydrogens (tertiary/aromatic N) is 1. The quantitative estimate of drug-likeness (QED) is 0.857. The van der Waals surface area contributed by atoms with E-state index in [1.807, 2.05) is 0 Å². The van der Waals surface area contributed by atoms with E-state index >= 15 is 0 Å². The lowest BCUT2D eigenvalue weighted by atomic mass is 10.1. The van der Waals surface area contributed by atoms with E-state index in [4.69, 9.17) is 16.7 Å². The molecular weight excluding hydrogens is 240 g/mol. The number of piperazine rings is 1. The van der Waals surface area contributed by atoms with Crippen LogP contribution in [0.2, 0.25) is 5.02 Å².